The Hall–Kier alpha value is -2.24. The van der Waals surface area contributed by atoms with Crippen molar-refractivity contribution in [3.05, 3.63) is 58.6 Å². The summed E-state index contributed by atoms with van der Waals surface area (Å²) in [5.74, 6) is 1.82. The highest BCUT2D eigenvalue weighted by molar-refractivity contribution is 6.30. The number of ether oxygens (including phenoxy) is 2. The van der Waals surface area contributed by atoms with Crippen molar-refractivity contribution < 1.29 is 14.3 Å². The van der Waals surface area contributed by atoms with Crippen LogP contribution in [0.15, 0.2) is 42.5 Å². The van der Waals surface area contributed by atoms with Crippen LogP contribution < -0.4 is 9.47 Å². The van der Waals surface area contributed by atoms with Crippen molar-refractivity contribution in [2.24, 2.45) is 0 Å². The van der Waals surface area contributed by atoms with Crippen molar-refractivity contribution >= 4 is 17.5 Å². The van der Waals surface area contributed by atoms with E-state index in [1.807, 2.05) is 47.4 Å². The van der Waals surface area contributed by atoms with E-state index in [2.05, 4.69) is 11.8 Å². The molecule has 0 aromatic heterocycles. The van der Waals surface area contributed by atoms with E-state index < -0.39 is 0 Å². The monoisotopic (exact) mass is 428 g/mol. The average Bonchev–Trinajstić information content (AvgIpc) is 2.78. The molecule has 1 unspecified atom stereocenters. The van der Waals surface area contributed by atoms with Gasteiger partial charge in [-0.1, -0.05) is 11.6 Å². The maximum Gasteiger partial charge on any atom is 0.253 e. The van der Waals surface area contributed by atoms with Gasteiger partial charge in [-0.3, -0.25) is 9.69 Å². The summed E-state index contributed by atoms with van der Waals surface area (Å²) in [5, 5.41) is 0.767. The third kappa shape index (κ3) is 4.73. The van der Waals surface area contributed by atoms with Gasteiger partial charge in [0.1, 0.15) is 17.1 Å². The number of fused-ring (bicyclic) bond motifs is 1. The van der Waals surface area contributed by atoms with Gasteiger partial charge in [0.25, 0.3) is 5.91 Å². The highest BCUT2D eigenvalue weighted by atomic mass is 35.5. The zero-order chi connectivity index (χ0) is 21.1. The van der Waals surface area contributed by atoms with E-state index in [9.17, 15) is 4.79 Å². The number of carbonyl (C=O) groups is 1. The van der Waals surface area contributed by atoms with Crippen LogP contribution in [0.25, 0.3) is 0 Å². The number of hydrogen-bond acceptors (Lipinski definition) is 4. The normalized spacial score (nSPS) is 21.6. The molecule has 5 nitrogen and oxygen atoms in total. The highest BCUT2D eigenvalue weighted by Crippen LogP contribution is 2.36. The van der Waals surface area contributed by atoms with Crippen LogP contribution in [0.5, 0.6) is 11.5 Å². The van der Waals surface area contributed by atoms with E-state index in [1.165, 1.54) is 5.56 Å². The molecule has 1 atom stereocenters. The first-order chi connectivity index (χ1) is 14.5. The standard InChI is InChI=1S/C24H29ClN2O3/c1-24(10-9-19-17-20(25)5-8-22(19)30-24)11-12-26-13-15-27(16-14-26)23(28)18-3-6-21(29-2)7-4-18/h3-8,17H,9-16H2,1-2H3. The average molecular weight is 429 g/mol. The van der Waals surface area contributed by atoms with Crippen molar-refractivity contribution in [3.8, 4) is 11.5 Å². The maximum atomic E-state index is 12.7. The first-order valence-corrected chi connectivity index (χ1v) is 11.0. The van der Waals surface area contributed by atoms with Crippen LogP contribution in [0.1, 0.15) is 35.7 Å². The fourth-order valence-electron chi connectivity index (χ4n) is 4.22. The number of carbonyl (C=O) groups excluding carboxylic acids is 1. The molecule has 0 saturated carbocycles. The van der Waals surface area contributed by atoms with Gasteiger partial charge in [-0.2, -0.15) is 0 Å². The number of aryl methyl sites for hydroxylation is 1. The number of amides is 1. The van der Waals surface area contributed by atoms with Gasteiger partial charge in [0.2, 0.25) is 0 Å². The molecule has 30 heavy (non-hydrogen) atoms. The summed E-state index contributed by atoms with van der Waals surface area (Å²) in [4.78, 5) is 17.1. The molecular weight excluding hydrogens is 400 g/mol. The Morgan fingerprint density at radius 2 is 1.87 bits per heavy atom. The van der Waals surface area contributed by atoms with Crippen LogP contribution in [0.3, 0.4) is 0 Å². The summed E-state index contributed by atoms with van der Waals surface area (Å²) in [6, 6.07) is 13.2. The lowest BCUT2D eigenvalue weighted by molar-refractivity contribution is 0.0346. The first kappa shape index (κ1) is 21.0. The molecule has 1 amide bonds. The molecule has 2 heterocycles. The molecule has 2 aliphatic heterocycles. The number of benzene rings is 2. The second-order valence-corrected chi connectivity index (χ2v) is 8.85. The summed E-state index contributed by atoms with van der Waals surface area (Å²) in [7, 11) is 1.63. The summed E-state index contributed by atoms with van der Waals surface area (Å²) < 4.78 is 11.5. The molecular formula is C24H29ClN2O3. The molecule has 0 radical (unpaired) electrons. The van der Waals surface area contributed by atoms with Gasteiger partial charge in [0.05, 0.1) is 7.11 Å². The zero-order valence-electron chi connectivity index (χ0n) is 17.7. The molecule has 1 saturated heterocycles. The largest absolute Gasteiger partial charge is 0.497 e. The molecule has 2 aromatic carbocycles. The van der Waals surface area contributed by atoms with Gasteiger partial charge >= 0.3 is 0 Å². The Labute approximate surface area is 183 Å². The molecule has 2 aromatic rings. The molecule has 2 aliphatic rings. The Kier molecular flexibility index (Phi) is 6.21. The Morgan fingerprint density at radius 1 is 1.13 bits per heavy atom. The van der Waals surface area contributed by atoms with Gasteiger partial charge in [-0.15, -0.1) is 0 Å². The van der Waals surface area contributed by atoms with Crippen LogP contribution in [0.2, 0.25) is 5.02 Å². The van der Waals surface area contributed by atoms with E-state index in [1.54, 1.807) is 7.11 Å². The van der Waals surface area contributed by atoms with E-state index >= 15 is 0 Å². The zero-order valence-corrected chi connectivity index (χ0v) is 18.5. The summed E-state index contributed by atoms with van der Waals surface area (Å²) >= 11 is 6.10. The number of methoxy groups -OCH3 is 1. The van der Waals surface area contributed by atoms with Gasteiger partial charge in [-0.25, -0.2) is 0 Å². The Morgan fingerprint density at radius 3 is 2.57 bits per heavy atom. The van der Waals surface area contributed by atoms with Gasteiger partial charge < -0.3 is 14.4 Å². The second-order valence-electron chi connectivity index (χ2n) is 8.42. The minimum absolute atomic E-state index is 0.0927. The van der Waals surface area contributed by atoms with Crippen LogP contribution >= 0.6 is 11.6 Å². The van der Waals surface area contributed by atoms with Crippen molar-refractivity contribution in [2.75, 3.05) is 39.8 Å². The predicted molar refractivity (Wildman–Crippen MR) is 119 cm³/mol. The topological polar surface area (TPSA) is 42.0 Å². The Balaban J connectivity index is 1.26. The van der Waals surface area contributed by atoms with Crippen LogP contribution in [0, 0.1) is 0 Å². The summed E-state index contributed by atoms with van der Waals surface area (Å²) in [6.07, 6.45) is 2.97. The third-order valence-corrected chi connectivity index (χ3v) is 6.49. The fraction of sp³-hybridized carbons (Fsp3) is 0.458. The van der Waals surface area contributed by atoms with Gasteiger partial charge in [0.15, 0.2) is 0 Å². The predicted octanol–water partition coefficient (Wildman–Crippen LogP) is 4.28. The summed E-state index contributed by atoms with van der Waals surface area (Å²) in [6.45, 7) is 6.47. The molecule has 0 bridgehead atoms. The number of nitrogens with zero attached hydrogens (tertiary/aromatic N) is 2. The molecule has 4 rings (SSSR count). The second kappa shape index (κ2) is 8.86. The van der Waals surface area contributed by atoms with Gasteiger partial charge in [-0.05, 0) is 74.2 Å². The number of halogens is 1. The quantitative estimate of drug-likeness (QED) is 0.712. The maximum absolute atomic E-state index is 12.7. The highest BCUT2D eigenvalue weighted by Gasteiger charge is 2.32. The molecule has 6 heteroatoms. The lowest BCUT2D eigenvalue weighted by Gasteiger charge is -2.39. The molecule has 1 fully saturated rings. The molecule has 0 N–H and O–H groups in total. The fourth-order valence-corrected chi connectivity index (χ4v) is 4.41. The van der Waals surface area contributed by atoms with Crippen molar-refractivity contribution in [1.82, 2.24) is 9.80 Å². The van der Waals surface area contributed by atoms with Crippen molar-refractivity contribution in [3.63, 3.8) is 0 Å². The minimum atomic E-state index is -0.156. The lowest BCUT2D eigenvalue weighted by Crippen LogP contribution is -2.50. The van der Waals surface area contributed by atoms with E-state index in [4.69, 9.17) is 21.1 Å². The third-order valence-electron chi connectivity index (χ3n) is 6.26. The van der Waals surface area contributed by atoms with Crippen LogP contribution in [-0.4, -0.2) is 61.1 Å². The van der Waals surface area contributed by atoms with E-state index in [0.717, 1.165) is 68.5 Å². The molecule has 0 spiro atoms. The van der Waals surface area contributed by atoms with Crippen molar-refractivity contribution in [2.45, 2.75) is 31.8 Å². The molecule has 160 valence electrons. The minimum Gasteiger partial charge on any atom is -0.497 e. The van der Waals surface area contributed by atoms with Crippen LogP contribution in [-0.2, 0) is 6.42 Å². The Bertz CT molecular complexity index is 894. The molecule has 0 aliphatic carbocycles. The van der Waals surface area contributed by atoms with Crippen molar-refractivity contribution in [1.29, 1.82) is 0 Å². The first-order valence-electron chi connectivity index (χ1n) is 10.6. The van der Waals surface area contributed by atoms with E-state index in [-0.39, 0.29) is 11.5 Å². The number of rotatable bonds is 5. The van der Waals surface area contributed by atoms with Gasteiger partial charge in [0, 0.05) is 43.3 Å². The number of hydrogen-bond donors (Lipinski definition) is 0. The lowest BCUT2D eigenvalue weighted by atomic mass is 9.89. The SMILES string of the molecule is COc1ccc(C(=O)N2CCN(CCC3(C)CCc4cc(Cl)ccc4O3)CC2)cc1. The van der Waals surface area contributed by atoms with E-state index in [0.29, 0.717) is 5.56 Å². The summed E-state index contributed by atoms with van der Waals surface area (Å²) in [5.41, 5.74) is 1.76. The van der Waals surface area contributed by atoms with Crippen LogP contribution in [0.4, 0.5) is 0 Å². The number of piperazine rings is 1. The smallest absolute Gasteiger partial charge is 0.253 e.